The Balaban J connectivity index is 2.02. The van der Waals surface area contributed by atoms with E-state index in [1.54, 1.807) is 0 Å². The summed E-state index contributed by atoms with van der Waals surface area (Å²) in [6.07, 6.45) is 2.71. The Morgan fingerprint density at radius 1 is 1.44 bits per heavy atom. The standard InChI is InChI=1S/C16H26N2/c1-13-6-4-8-16(10-13)14(2)18-9-5-7-15(12-18)11-17-3/h4,6,8,10,14-15,17H,5,7,9,11-12H2,1-3H3. The molecule has 0 aliphatic carbocycles. The minimum atomic E-state index is 0.546. The summed E-state index contributed by atoms with van der Waals surface area (Å²) in [5.41, 5.74) is 2.82. The maximum Gasteiger partial charge on any atom is 0.0320 e. The monoisotopic (exact) mass is 246 g/mol. The van der Waals surface area contributed by atoms with E-state index < -0.39 is 0 Å². The van der Waals surface area contributed by atoms with Gasteiger partial charge in [-0.2, -0.15) is 0 Å². The van der Waals surface area contributed by atoms with Crippen LogP contribution >= 0.6 is 0 Å². The number of hydrogen-bond acceptors (Lipinski definition) is 2. The van der Waals surface area contributed by atoms with Crippen molar-refractivity contribution in [3.63, 3.8) is 0 Å². The molecule has 0 aromatic heterocycles. The third kappa shape index (κ3) is 3.33. The lowest BCUT2D eigenvalue weighted by atomic mass is 9.95. The first-order valence-electron chi connectivity index (χ1n) is 7.16. The quantitative estimate of drug-likeness (QED) is 0.878. The van der Waals surface area contributed by atoms with Crippen LogP contribution < -0.4 is 5.32 Å². The number of piperidine rings is 1. The van der Waals surface area contributed by atoms with E-state index in [9.17, 15) is 0 Å². The van der Waals surface area contributed by atoms with Gasteiger partial charge in [-0.3, -0.25) is 4.90 Å². The molecule has 0 saturated carbocycles. The molecule has 100 valence electrons. The Morgan fingerprint density at radius 2 is 2.28 bits per heavy atom. The van der Waals surface area contributed by atoms with Gasteiger partial charge in [0.2, 0.25) is 0 Å². The van der Waals surface area contributed by atoms with Gasteiger partial charge in [0, 0.05) is 12.6 Å². The number of aryl methyl sites for hydroxylation is 1. The van der Waals surface area contributed by atoms with Crippen molar-refractivity contribution in [3.8, 4) is 0 Å². The summed E-state index contributed by atoms with van der Waals surface area (Å²) in [5.74, 6) is 0.816. The minimum Gasteiger partial charge on any atom is -0.319 e. The van der Waals surface area contributed by atoms with Crippen molar-refractivity contribution in [2.24, 2.45) is 5.92 Å². The average Bonchev–Trinajstić information content (AvgIpc) is 2.39. The van der Waals surface area contributed by atoms with E-state index in [0.29, 0.717) is 6.04 Å². The summed E-state index contributed by atoms with van der Waals surface area (Å²) in [6, 6.07) is 9.49. The van der Waals surface area contributed by atoms with Gasteiger partial charge in [0.1, 0.15) is 0 Å². The van der Waals surface area contributed by atoms with Crippen LogP contribution in [0.5, 0.6) is 0 Å². The average molecular weight is 246 g/mol. The van der Waals surface area contributed by atoms with Crippen molar-refractivity contribution in [2.45, 2.75) is 32.7 Å². The van der Waals surface area contributed by atoms with Crippen LogP contribution in [0.2, 0.25) is 0 Å². The van der Waals surface area contributed by atoms with Crippen LogP contribution in [0.15, 0.2) is 24.3 Å². The lowest BCUT2D eigenvalue weighted by Gasteiger charge is -2.37. The Labute approximate surface area is 111 Å². The number of nitrogens with zero attached hydrogens (tertiary/aromatic N) is 1. The van der Waals surface area contributed by atoms with Gasteiger partial charge < -0.3 is 5.32 Å². The van der Waals surface area contributed by atoms with Gasteiger partial charge >= 0.3 is 0 Å². The van der Waals surface area contributed by atoms with Crippen LogP contribution in [-0.2, 0) is 0 Å². The summed E-state index contributed by atoms with van der Waals surface area (Å²) >= 11 is 0. The molecule has 2 heteroatoms. The molecule has 0 spiro atoms. The Kier molecular flexibility index (Phi) is 4.79. The van der Waals surface area contributed by atoms with Gasteiger partial charge in [-0.25, -0.2) is 0 Å². The Morgan fingerprint density at radius 3 is 3.00 bits per heavy atom. The lowest BCUT2D eigenvalue weighted by Crippen LogP contribution is -2.40. The zero-order chi connectivity index (χ0) is 13.0. The number of hydrogen-bond donors (Lipinski definition) is 1. The fraction of sp³-hybridized carbons (Fsp3) is 0.625. The first-order chi connectivity index (χ1) is 8.70. The molecule has 2 atom stereocenters. The second kappa shape index (κ2) is 6.35. The van der Waals surface area contributed by atoms with Crippen LogP contribution in [0.3, 0.4) is 0 Å². The molecule has 1 aliphatic heterocycles. The molecule has 1 aromatic carbocycles. The van der Waals surface area contributed by atoms with Crippen LogP contribution in [0.1, 0.15) is 36.9 Å². The molecule has 1 aliphatic rings. The van der Waals surface area contributed by atoms with Gasteiger partial charge in [-0.1, -0.05) is 29.8 Å². The minimum absolute atomic E-state index is 0.546. The van der Waals surface area contributed by atoms with Crippen molar-refractivity contribution >= 4 is 0 Å². The van der Waals surface area contributed by atoms with Crippen LogP contribution in [-0.4, -0.2) is 31.6 Å². The predicted molar refractivity (Wildman–Crippen MR) is 77.8 cm³/mol. The number of rotatable bonds is 4. The van der Waals surface area contributed by atoms with Crippen molar-refractivity contribution in [3.05, 3.63) is 35.4 Å². The topological polar surface area (TPSA) is 15.3 Å². The molecule has 1 aromatic rings. The second-order valence-electron chi connectivity index (χ2n) is 5.65. The first kappa shape index (κ1) is 13.6. The van der Waals surface area contributed by atoms with E-state index in [0.717, 1.165) is 12.5 Å². The van der Waals surface area contributed by atoms with Crippen LogP contribution in [0.25, 0.3) is 0 Å². The zero-order valence-corrected chi connectivity index (χ0v) is 11.9. The lowest BCUT2D eigenvalue weighted by molar-refractivity contribution is 0.131. The van der Waals surface area contributed by atoms with E-state index >= 15 is 0 Å². The highest BCUT2D eigenvalue weighted by Crippen LogP contribution is 2.26. The van der Waals surface area contributed by atoms with E-state index in [1.165, 1.54) is 37.1 Å². The summed E-state index contributed by atoms with van der Waals surface area (Å²) in [5, 5.41) is 3.32. The number of likely N-dealkylation sites (tertiary alicyclic amines) is 1. The summed E-state index contributed by atoms with van der Waals surface area (Å²) in [6.45, 7) is 8.15. The highest BCUT2D eigenvalue weighted by atomic mass is 15.2. The zero-order valence-electron chi connectivity index (χ0n) is 11.9. The van der Waals surface area contributed by atoms with Crippen molar-refractivity contribution in [1.82, 2.24) is 10.2 Å². The van der Waals surface area contributed by atoms with E-state index in [2.05, 4.69) is 55.4 Å². The Hall–Kier alpha value is -0.860. The van der Waals surface area contributed by atoms with Crippen LogP contribution in [0, 0.1) is 12.8 Å². The highest BCUT2D eigenvalue weighted by Gasteiger charge is 2.23. The molecule has 0 bridgehead atoms. The maximum atomic E-state index is 3.32. The van der Waals surface area contributed by atoms with Gasteiger partial charge in [0.05, 0.1) is 0 Å². The largest absolute Gasteiger partial charge is 0.319 e. The third-order valence-corrected chi connectivity index (χ3v) is 4.12. The molecular weight excluding hydrogens is 220 g/mol. The van der Waals surface area contributed by atoms with E-state index in [4.69, 9.17) is 0 Å². The van der Waals surface area contributed by atoms with Gasteiger partial charge in [-0.15, -0.1) is 0 Å². The fourth-order valence-electron chi connectivity index (χ4n) is 3.05. The molecule has 1 heterocycles. The summed E-state index contributed by atoms with van der Waals surface area (Å²) < 4.78 is 0. The van der Waals surface area contributed by atoms with Gasteiger partial charge in [0.15, 0.2) is 0 Å². The molecule has 18 heavy (non-hydrogen) atoms. The van der Waals surface area contributed by atoms with Gasteiger partial charge in [-0.05, 0) is 58.3 Å². The van der Waals surface area contributed by atoms with Crippen molar-refractivity contribution in [2.75, 3.05) is 26.7 Å². The SMILES string of the molecule is CNCC1CCCN(C(C)c2cccc(C)c2)C1. The molecule has 2 rings (SSSR count). The third-order valence-electron chi connectivity index (χ3n) is 4.12. The first-order valence-corrected chi connectivity index (χ1v) is 7.16. The molecule has 1 N–H and O–H groups in total. The predicted octanol–water partition coefficient (Wildman–Crippen LogP) is 2.99. The summed E-state index contributed by atoms with van der Waals surface area (Å²) in [7, 11) is 2.06. The van der Waals surface area contributed by atoms with Gasteiger partial charge in [0.25, 0.3) is 0 Å². The number of nitrogens with one attached hydrogen (secondary N) is 1. The van der Waals surface area contributed by atoms with Crippen LogP contribution in [0.4, 0.5) is 0 Å². The second-order valence-corrected chi connectivity index (χ2v) is 5.65. The Bertz CT molecular complexity index is 373. The molecule has 2 nitrogen and oxygen atoms in total. The smallest absolute Gasteiger partial charge is 0.0320 e. The fourth-order valence-corrected chi connectivity index (χ4v) is 3.05. The highest BCUT2D eigenvalue weighted by molar-refractivity contribution is 5.24. The normalized spacial score (nSPS) is 22.9. The van der Waals surface area contributed by atoms with E-state index in [1.807, 2.05) is 0 Å². The molecular formula is C16H26N2. The molecule has 1 fully saturated rings. The molecule has 0 radical (unpaired) electrons. The maximum absolute atomic E-state index is 3.32. The molecule has 2 unspecified atom stereocenters. The van der Waals surface area contributed by atoms with Crippen molar-refractivity contribution in [1.29, 1.82) is 0 Å². The molecule has 0 amide bonds. The van der Waals surface area contributed by atoms with Crippen molar-refractivity contribution < 1.29 is 0 Å². The summed E-state index contributed by atoms with van der Waals surface area (Å²) in [4.78, 5) is 2.64. The van der Waals surface area contributed by atoms with E-state index in [-0.39, 0.29) is 0 Å². The number of benzene rings is 1. The molecule has 1 saturated heterocycles.